The zero-order valence-corrected chi connectivity index (χ0v) is 16.4. The molecule has 2 heterocycles. The molecule has 1 unspecified atom stereocenters. The second kappa shape index (κ2) is 8.71. The number of aromatic nitrogens is 2. The van der Waals surface area contributed by atoms with Crippen molar-refractivity contribution in [1.82, 2.24) is 15.0 Å². The van der Waals surface area contributed by atoms with Gasteiger partial charge in [-0.25, -0.2) is 0 Å². The van der Waals surface area contributed by atoms with Crippen LogP contribution in [0.3, 0.4) is 0 Å². The molecule has 3 rings (SSSR count). The highest BCUT2D eigenvalue weighted by atomic mass is 35.5. The molecule has 1 aliphatic heterocycles. The van der Waals surface area contributed by atoms with E-state index in [1.807, 2.05) is 0 Å². The van der Waals surface area contributed by atoms with Crippen molar-refractivity contribution in [1.29, 1.82) is 0 Å². The molecule has 1 N–H and O–H groups in total. The predicted octanol–water partition coefficient (Wildman–Crippen LogP) is 3.64. The molecule has 1 aliphatic rings. The van der Waals surface area contributed by atoms with Crippen LogP contribution in [-0.4, -0.2) is 39.4 Å². The van der Waals surface area contributed by atoms with Crippen LogP contribution in [0.25, 0.3) is 0 Å². The fourth-order valence-electron chi connectivity index (χ4n) is 3.10. The minimum atomic E-state index is -0.509. The Kier molecular flexibility index (Phi) is 6.34. The summed E-state index contributed by atoms with van der Waals surface area (Å²) < 4.78 is 5.04. The number of nitrogens with one attached hydrogen (secondary N) is 1. The summed E-state index contributed by atoms with van der Waals surface area (Å²) in [5.41, 5.74) is 0.550. The maximum atomic E-state index is 12.7. The Morgan fingerprint density at radius 3 is 2.81 bits per heavy atom. The second-order valence-electron chi connectivity index (χ2n) is 6.45. The number of carbonyl (C=O) groups excluding carboxylic acids is 2. The fraction of sp³-hybridized carbons (Fsp3) is 0.444. The minimum Gasteiger partial charge on any atom is -0.339 e. The van der Waals surface area contributed by atoms with Gasteiger partial charge in [0.1, 0.15) is 6.04 Å². The van der Waals surface area contributed by atoms with E-state index in [9.17, 15) is 9.59 Å². The molecule has 0 radical (unpaired) electrons. The summed E-state index contributed by atoms with van der Waals surface area (Å²) in [5.74, 6) is 0.638. The van der Waals surface area contributed by atoms with E-state index in [-0.39, 0.29) is 18.2 Å². The van der Waals surface area contributed by atoms with Crippen molar-refractivity contribution in [3.8, 4) is 0 Å². The molecule has 1 fully saturated rings. The van der Waals surface area contributed by atoms with Crippen molar-refractivity contribution in [2.45, 2.75) is 45.1 Å². The second-order valence-corrected chi connectivity index (χ2v) is 7.27. The first-order valence-electron chi connectivity index (χ1n) is 8.78. The van der Waals surface area contributed by atoms with Crippen molar-refractivity contribution in [2.75, 3.05) is 11.9 Å². The normalized spacial score (nSPS) is 17.0. The van der Waals surface area contributed by atoms with Gasteiger partial charge in [-0.1, -0.05) is 28.4 Å². The maximum Gasteiger partial charge on any atom is 0.247 e. The number of nitrogens with zero attached hydrogens (tertiary/aromatic N) is 3. The van der Waals surface area contributed by atoms with Gasteiger partial charge in [0.25, 0.3) is 0 Å². The van der Waals surface area contributed by atoms with Gasteiger partial charge >= 0.3 is 0 Å². The van der Waals surface area contributed by atoms with Crippen molar-refractivity contribution in [3.63, 3.8) is 0 Å². The number of piperidine rings is 1. The third kappa shape index (κ3) is 4.99. The van der Waals surface area contributed by atoms with E-state index >= 15 is 0 Å². The SMILES string of the molecule is Cc1noc(CCC(=O)N2CCCCC2C(=O)Nc2ccc(Cl)c(Cl)c2)n1. The molecule has 0 bridgehead atoms. The number of benzene rings is 1. The number of halogens is 2. The first-order chi connectivity index (χ1) is 12.9. The number of rotatable bonds is 5. The van der Waals surface area contributed by atoms with Crippen LogP contribution in [0.5, 0.6) is 0 Å². The Morgan fingerprint density at radius 1 is 1.30 bits per heavy atom. The molecule has 0 saturated carbocycles. The Hall–Kier alpha value is -2.12. The molecule has 1 atom stereocenters. The van der Waals surface area contributed by atoms with Gasteiger partial charge in [0.05, 0.1) is 10.0 Å². The molecule has 1 saturated heterocycles. The lowest BCUT2D eigenvalue weighted by Gasteiger charge is -2.34. The van der Waals surface area contributed by atoms with Crippen LogP contribution in [0.4, 0.5) is 5.69 Å². The van der Waals surface area contributed by atoms with Crippen molar-refractivity contribution >= 4 is 40.7 Å². The van der Waals surface area contributed by atoms with Gasteiger partial charge in [-0.05, 0) is 44.4 Å². The Morgan fingerprint density at radius 2 is 2.11 bits per heavy atom. The van der Waals surface area contributed by atoms with Crippen LogP contribution < -0.4 is 5.32 Å². The Balaban J connectivity index is 1.63. The van der Waals surface area contributed by atoms with Crippen LogP contribution in [0.1, 0.15) is 37.4 Å². The molecule has 27 heavy (non-hydrogen) atoms. The number of amides is 2. The van der Waals surface area contributed by atoms with Gasteiger partial charge in [0.2, 0.25) is 17.7 Å². The third-order valence-corrected chi connectivity index (χ3v) is 5.17. The van der Waals surface area contributed by atoms with Crippen LogP contribution >= 0.6 is 23.2 Å². The quantitative estimate of drug-likeness (QED) is 0.812. The largest absolute Gasteiger partial charge is 0.339 e. The summed E-state index contributed by atoms with van der Waals surface area (Å²) in [7, 11) is 0. The van der Waals surface area contributed by atoms with Crippen molar-refractivity contribution < 1.29 is 14.1 Å². The molecular formula is C18H20Cl2N4O3. The van der Waals surface area contributed by atoms with Crippen LogP contribution in [0.15, 0.2) is 22.7 Å². The number of hydrogen-bond donors (Lipinski definition) is 1. The molecule has 144 valence electrons. The van der Waals surface area contributed by atoms with E-state index in [4.69, 9.17) is 27.7 Å². The molecule has 1 aromatic heterocycles. The highest BCUT2D eigenvalue weighted by Crippen LogP contribution is 2.26. The fourth-order valence-corrected chi connectivity index (χ4v) is 3.40. The lowest BCUT2D eigenvalue weighted by Crippen LogP contribution is -2.50. The minimum absolute atomic E-state index is 0.0974. The third-order valence-electron chi connectivity index (χ3n) is 4.44. The summed E-state index contributed by atoms with van der Waals surface area (Å²) in [5, 5.41) is 7.32. The molecule has 9 heteroatoms. The smallest absolute Gasteiger partial charge is 0.247 e. The summed E-state index contributed by atoms with van der Waals surface area (Å²) in [6, 6.07) is 4.38. The highest BCUT2D eigenvalue weighted by Gasteiger charge is 2.32. The molecule has 7 nitrogen and oxygen atoms in total. The zero-order valence-electron chi connectivity index (χ0n) is 14.9. The highest BCUT2D eigenvalue weighted by molar-refractivity contribution is 6.42. The standard InChI is InChI=1S/C18H20Cl2N4O3/c1-11-21-16(27-23-11)7-8-17(25)24-9-3-2-4-15(24)18(26)22-12-5-6-13(19)14(20)10-12/h5-6,10,15H,2-4,7-9H2,1H3,(H,22,26). The average Bonchev–Trinajstić information content (AvgIpc) is 3.08. The zero-order chi connectivity index (χ0) is 19.4. The van der Waals surface area contributed by atoms with Gasteiger partial charge in [0, 0.05) is 25.1 Å². The van der Waals surface area contributed by atoms with Gasteiger partial charge in [-0.15, -0.1) is 0 Å². The molecular weight excluding hydrogens is 391 g/mol. The van der Waals surface area contributed by atoms with Gasteiger partial charge in [-0.3, -0.25) is 9.59 Å². The Labute approximate surface area is 167 Å². The molecule has 0 spiro atoms. The summed E-state index contributed by atoms with van der Waals surface area (Å²) in [6.07, 6.45) is 2.97. The number of anilines is 1. The van der Waals surface area contributed by atoms with E-state index in [1.165, 1.54) is 0 Å². The number of likely N-dealkylation sites (tertiary alicyclic amines) is 1. The molecule has 2 aromatic rings. The molecule has 1 aromatic carbocycles. The van der Waals surface area contributed by atoms with Crippen molar-refractivity contribution in [3.05, 3.63) is 40.0 Å². The van der Waals surface area contributed by atoms with E-state index in [0.29, 0.717) is 46.8 Å². The van der Waals surface area contributed by atoms with E-state index in [2.05, 4.69) is 15.5 Å². The van der Waals surface area contributed by atoms with Crippen molar-refractivity contribution in [2.24, 2.45) is 0 Å². The van der Waals surface area contributed by atoms with E-state index < -0.39 is 6.04 Å². The van der Waals surface area contributed by atoms with Crippen LogP contribution in [-0.2, 0) is 16.0 Å². The summed E-state index contributed by atoms with van der Waals surface area (Å²) in [6.45, 7) is 2.28. The average molecular weight is 411 g/mol. The lowest BCUT2D eigenvalue weighted by molar-refractivity contribution is -0.140. The molecule has 2 amide bonds. The van der Waals surface area contributed by atoms with Crippen LogP contribution in [0, 0.1) is 6.92 Å². The lowest BCUT2D eigenvalue weighted by atomic mass is 10.0. The predicted molar refractivity (Wildman–Crippen MR) is 102 cm³/mol. The molecule has 0 aliphatic carbocycles. The monoisotopic (exact) mass is 410 g/mol. The van der Waals surface area contributed by atoms with Gasteiger partial charge in [0.15, 0.2) is 5.82 Å². The van der Waals surface area contributed by atoms with Gasteiger partial charge < -0.3 is 14.7 Å². The summed E-state index contributed by atoms with van der Waals surface area (Å²) >= 11 is 11.9. The topological polar surface area (TPSA) is 88.3 Å². The number of aryl methyl sites for hydroxylation is 2. The number of carbonyl (C=O) groups is 2. The van der Waals surface area contributed by atoms with E-state index in [1.54, 1.807) is 30.0 Å². The first-order valence-corrected chi connectivity index (χ1v) is 9.54. The maximum absolute atomic E-state index is 12.7. The summed E-state index contributed by atoms with van der Waals surface area (Å²) in [4.78, 5) is 31.1. The van der Waals surface area contributed by atoms with E-state index in [0.717, 1.165) is 12.8 Å². The Bertz CT molecular complexity index is 840. The first kappa shape index (κ1) is 19.6. The van der Waals surface area contributed by atoms with Gasteiger partial charge in [-0.2, -0.15) is 4.98 Å². The number of hydrogen-bond acceptors (Lipinski definition) is 5. The van der Waals surface area contributed by atoms with Crippen LogP contribution in [0.2, 0.25) is 10.0 Å².